The van der Waals surface area contributed by atoms with Gasteiger partial charge in [-0.15, -0.1) is 11.3 Å². The molecule has 0 aliphatic carbocycles. The highest BCUT2D eigenvalue weighted by molar-refractivity contribution is 7.13. The summed E-state index contributed by atoms with van der Waals surface area (Å²) in [5.41, 5.74) is 0. The zero-order chi connectivity index (χ0) is 15.6. The Morgan fingerprint density at radius 1 is 1.48 bits per heavy atom. The van der Waals surface area contributed by atoms with Crippen molar-refractivity contribution in [2.24, 2.45) is 0 Å². The van der Waals surface area contributed by atoms with Crippen molar-refractivity contribution in [2.75, 3.05) is 6.54 Å². The number of hydrogen-bond acceptors (Lipinski definition) is 7. The van der Waals surface area contributed by atoms with Crippen LogP contribution in [-0.4, -0.2) is 42.4 Å². The van der Waals surface area contributed by atoms with E-state index in [0.29, 0.717) is 17.8 Å². The van der Waals surface area contributed by atoms with Gasteiger partial charge in [0, 0.05) is 6.04 Å². The zero-order valence-electron chi connectivity index (χ0n) is 12.9. The van der Waals surface area contributed by atoms with E-state index in [4.69, 9.17) is 4.52 Å². The molecule has 120 valence electrons. The van der Waals surface area contributed by atoms with Crippen LogP contribution in [-0.2, 0) is 6.54 Å². The van der Waals surface area contributed by atoms with Gasteiger partial charge < -0.3 is 4.52 Å². The summed E-state index contributed by atoms with van der Waals surface area (Å²) in [6, 6.07) is 4.53. The van der Waals surface area contributed by atoms with Crippen LogP contribution < -0.4 is 0 Å². The van der Waals surface area contributed by atoms with Gasteiger partial charge in [-0.1, -0.05) is 11.2 Å². The van der Waals surface area contributed by atoms with Crippen molar-refractivity contribution in [1.29, 1.82) is 0 Å². The van der Waals surface area contributed by atoms with Gasteiger partial charge >= 0.3 is 0 Å². The number of aromatic nitrogens is 5. The summed E-state index contributed by atoms with van der Waals surface area (Å²) in [6.07, 6.45) is 5.67. The number of thiophene rings is 1. The highest BCUT2D eigenvalue weighted by Gasteiger charge is 2.32. The molecule has 1 fully saturated rings. The van der Waals surface area contributed by atoms with Crippen molar-refractivity contribution in [3.8, 4) is 10.7 Å². The maximum Gasteiger partial charge on any atom is 0.244 e. The molecule has 0 bridgehead atoms. The first-order chi connectivity index (χ1) is 11.3. The van der Waals surface area contributed by atoms with Crippen LogP contribution in [0.2, 0.25) is 0 Å². The number of hydrogen-bond donors (Lipinski definition) is 0. The summed E-state index contributed by atoms with van der Waals surface area (Å²) >= 11 is 1.62. The van der Waals surface area contributed by atoms with Crippen LogP contribution in [0.15, 0.2) is 34.7 Å². The molecule has 3 aromatic heterocycles. The molecule has 4 heterocycles. The van der Waals surface area contributed by atoms with Crippen LogP contribution in [0.25, 0.3) is 10.7 Å². The second-order valence-electron chi connectivity index (χ2n) is 5.76. The maximum atomic E-state index is 5.52. The van der Waals surface area contributed by atoms with E-state index in [1.165, 1.54) is 6.42 Å². The van der Waals surface area contributed by atoms with Gasteiger partial charge in [0.1, 0.15) is 12.7 Å². The van der Waals surface area contributed by atoms with Crippen LogP contribution in [0.1, 0.15) is 31.7 Å². The second kappa shape index (κ2) is 6.21. The van der Waals surface area contributed by atoms with Crippen molar-refractivity contribution in [2.45, 2.75) is 38.4 Å². The lowest BCUT2D eigenvalue weighted by atomic mass is 10.2. The molecule has 0 radical (unpaired) electrons. The average molecular weight is 330 g/mol. The highest BCUT2D eigenvalue weighted by Crippen LogP contribution is 2.30. The minimum Gasteiger partial charge on any atom is -0.337 e. The van der Waals surface area contributed by atoms with Gasteiger partial charge in [0.25, 0.3) is 0 Å². The Hall–Kier alpha value is -2.06. The van der Waals surface area contributed by atoms with E-state index in [1.54, 1.807) is 24.0 Å². The first-order valence-electron chi connectivity index (χ1n) is 7.77. The Labute approximate surface area is 138 Å². The molecule has 8 heteroatoms. The molecular weight excluding hydrogens is 312 g/mol. The summed E-state index contributed by atoms with van der Waals surface area (Å²) in [6.45, 7) is 4.01. The van der Waals surface area contributed by atoms with Gasteiger partial charge in [-0.05, 0) is 37.8 Å². The maximum absolute atomic E-state index is 5.52. The summed E-state index contributed by atoms with van der Waals surface area (Å²) < 4.78 is 7.40. The molecule has 0 N–H and O–H groups in total. The van der Waals surface area contributed by atoms with Gasteiger partial charge in [-0.3, -0.25) is 9.58 Å². The van der Waals surface area contributed by atoms with Gasteiger partial charge in [0.2, 0.25) is 11.7 Å². The molecule has 0 unspecified atom stereocenters. The van der Waals surface area contributed by atoms with Crippen molar-refractivity contribution in [3.05, 3.63) is 36.1 Å². The Balaban J connectivity index is 1.50. The van der Waals surface area contributed by atoms with E-state index in [-0.39, 0.29) is 6.04 Å². The van der Waals surface area contributed by atoms with Crippen LogP contribution in [0.3, 0.4) is 0 Å². The smallest absolute Gasteiger partial charge is 0.244 e. The molecule has 7 nitrogen and oxygen atoms in total. The van der Waals surface area contributed by atoms with E-state index in [9.17, 15) is 0 Å². The Morgan fingerprint density at radius 3 is 3.22 bits per heavy atom. The lowest BCUT2D eigenvalue weighted by Crippen LogP contribution is -2.35. The van der Waals surface area contributed by atoms with Crippen molar-refractivity contribution >= 4 is 11.3 Å². The normalized spacial score (nSPS) is 20.1. The van der Waals surface area contributed by atoms with Crippen molar-refractivity contribution in [1.82, 2.24) is 29.8 Å². The lowest BCUT2D eigenvalue weighted by molar-refractivity contribution is 0.144. The van der Waals surface area contributed by atoms with E-state index in [0.717, 1.165) is 24.4 Å². The number of likely N-dealkylation sites (tertiary alicyclic amines) is 1. The molecule has 4 rings (SSSR count). The van der Waals surface area contributed by atoms with Crippen LogP contribution in [0.4, 0.5) is 0 Å². The van der Waals surface area contributed by atoms with E-state index < -0.39 is 0 Å². The predicted octanol–water partition coefficient (Wildman–Crippen LogP) is 2.62. The highest BCUT2D eigenvalue weighted by atomic mass is 32.1. The third-order valence-corrected chi connectivity index (χ3v) is 5.19. The molecular formula is C15H18N6OS. The van der Waals surface area contributed by atoms with Gasteiger partial charge in [-0.25, -0.2) is 4.98 Å². The minimum atomic E-state index is 0.104. The molecule has 1 aliphatic heterocycles. The van der Waals surface area contributed by atoms with E-state index in [1.807, 2.05) is 22.2 Å². The monoisotopic (exact) mass is 330 g/mol. The molecule has 0 spiro atoms. The standard InChI is InChI=1S/C15H18N6OS/c1-11(15-18-14(19-22-15)13-5-3-7-23-13)21-6-2-4-12(21)8-20-10-16-9-17-20/h3,5,7,9-12H,2,4,6,8H2,1H3/t11-,12-/m0/s1. The molecule has 2 atom stereocenters. The summed E-state index contributed by atoms with van der Waals surface area (Å²) in [7, 11) is 0. The Morgan fingerprint density at radius 2 is 2.43 bits per heavy atom. The Bertz CT molecular complexity index is 738. The zero-order valence-corrected chi connectivity index (χ0v) is 13.7. The third-order valence-electron chi connectivity index (χ3n) is 4.33. The van der Waals surface area contributed by atoms with Crippen LogP contribution in [0.5, 0.6) is 0 Å². The topological polar surface area (TPSA) is 72.9 Å². The second-order valence-corrected chi connectivity index (χ2v) is 6.71. The molecule has 1 aliphatic rings. The molecule has 3 aromatic rings. The van der Waals surface area contributed by atoms with Crippen LogP contribution >= 0.6 is 11.3 Å². The third kappa shape index (κ3) is 2.91. The fourth-order valence-corrected chi connectivity index (χ4v) is 3.81. The minimum absolute atomic E-state index is 0.104. The predicted molar refractivity (Wildman–Crippen MR) is 85.8 cm³/mol. The number of nitrogens with zero attached hydrogens (tertiary/aromatic N) is 6. The number of rotatable bonds is 5. The lowest BCUT2D eigenvalue weighted by Gasteiger charge is -2.28. The molecule has 1 saturated heterocycles. The largest absolute Gasteiger partial charge is 0.337 e. The molecule has 0 amide bonds. The van der Waals surface area contributed by atoms with Gasteiger partial charge in [-0.2, -0.15) is 10.1 Å². The average Bonchev–Trinajstić information content (AvgIpc) is 3.33. The van der Waals surface area contributed by atoms with Crippen molar-refractivity contribution in [3.63, 3.8) is 0 Å². The van der Waals surface area contributed by atoms with Gasteiger partial charge in [0.15, 0.2) is 0 Å². The Kier molecular flexibility index (Phi) is 3.92. The molecule has 23 heavy (non-hydrogen) atoms. The quantitative estimate of drug-likeness (QED) is 0.716. The van der Waals surface area contributed by atoms with Crippen LogP contribution in [0, 0.1) is 0 Å². The first kappa shape index (κ1) is 14.5. The van der Waals surface area contributed by atoms with E-state index in [2.05, 4.69) is 32.0 Å². The van der Waals surface area contributed by atoms with Gasteiger partial charge in [0.05, 0.1) is 17.5 Å². The SMILES string of the molecule is C[C@@H](c1nc(-c2cccs2)no1)N1CCC[C@H]1Cn1cncn1. The summed E-state index contributed by atoms with van der Waals surface area (Å²) in [4.78, 5) is 12.1. The van der Waals surface area contributed by atoms with Crippen molar-refractivity contribution < 1.29 is 4.52 Å². The van der Waals surface area contributed by atoms with E-state index >= 15 is 0 Å². The summed E-state index contributed by atoms with van der Waals surface area (Å²) in [5.74, 6) is 1.35. The summed E-state index contributed by atoms with van der Waals surface area (Å²) in [5, 5.41) is 10.4. The fraction of sp³-hybridized carbons (Fsp3) is 0.467. The molecule has 0 aromatic carbocycles. The first-order valence-corrected chi connectivity index (χ1v) is 8.65. The molecule has 0 saturated carbocycles. The fourth-order valence-electron chi connectivity index (χ4n) is 3.16.